The van der Waals surface area contributed by atoms with Crippen LogP contribution in [0.4, 0.5) is 4.79 Å². The van der Waals surface area contributed by atoms with Gasteiger partial charge in [0.25, 0.3) is 5.91 Å². The maximum atomic E-state index is 11.7. The third-order valence-corrected chi connectivity index (χ3v) is 3.30. The number of hydrogen-bond donors (Lipinski definition) is 3. The molecule has 0 unspecified atom stereocenters. The van der Waals surface area contributed by atoms with Gasteiger partial charge in [-0.1, -0.05) is 15.9 Å². The van der Waals surface area contributed by atoms with E-state index in [1.165, 1.54) is 18.2 Å². The fourth-order valence-corrected chi connectivity index (χ4v) is 2.10. The number of ether oxygens (including phenoxy) is 2. The number of benzene rings is 1. The lowest BCUT2D eigenvalue weighted by Gasteiger charge is -2.13. The van der Waals surface area contributed by atoms with Crippen molar-refractivity contribution < 1.29 is 29.0 Å². The molecule has 25 heavy (non-hydrogen) atoms. The first-order chi connectivity index (χ1) is 11.8. The van der Waals surface area contributed by atoms with E-state index in [1.807, 2.05) is 0 Å². The van der Waals surface area contributed by atoms with Crippen LogP contribution in [0.3, 0.4) is 0 Å². The van der Waals surface area contributed by atoms with Gasteiger partial charge >= 0.3 is 12.0 Å². The zero-order valence-corrected chi connectivity index (χ0v) is 14.6. The molecule has 0 bridgehead atoms. The lowest BCUT2D eigenvalue weighted by molar-refractivity contribution is -0.139. The van der Waals surface area contributed by atoms with Crippen LogP contribution < -0.4 is 20.5 Å². The van der Waals surface area contributed by atoms with Crippen molar-refractivity contribution in [1.82, 2.24) is 5.32 Å². The quantitative estimate of drug-likeness (QED) is 0.452. The fourth-order valence-electron chi connectivity index (χ4n) is 1.67. The molecular formula is C15H14BrN3O6. The number of aliphatic carboxylic acids is 1. The summed E-state index contributed by atoms with van der Waals surface area (Å²) in [5, 5.41) is 19.6. The van der Waals surface area contributed by atoms with Gasteiger partial charge in [0, 0.05) is 4.47 Å². The van der Waals surface area contributed by atoms with Crippen molar-refractivity contribution >= 4 is 39.9 Å². The Morgan fingerprint density at radius 1 is 1.36 bits per heavy atom. The normalized spacial score (nSPS) is 10.5. The van der Waals surface area contributed by atoms with Crippen LogP contribution in [0.25, 0.3) is 6.08 Å². The highest BCUT2D eigenvalue weighted by Crippen LogP contribution is 2.35. The van der Waals surface area contributed by atoms with E-state index in [4.69, 9.17) is 25.6 Å². The van der Waals surface area contributed by atoms with Crippen molar-refractivity contribution in [1.29, 1.82) is 5.26 Å². The van der Waals surface area contributed by atoms with E-state index in [0.29, 0.717) is 10.0 Å². The van der Waals surface area contributed by atoms with Crippen LogP contribution in [0.2, 0.25) is 0 Å². The molecule has 1 aromatic rings. The molecule has 1 rings (SSSR count). The van der Waals surface area contributed by atoms with Crippen LogP contribution >= 0.6 is 15.9 Å². The van der Waals surface area contributed by atoms with E-state index in [0.717, 1.165) is 0 Å². The van der Waals surface area contributed by atoms with E-state index < -0.39 is 24.5 Å². The van der Waals surface area contributed by atoms with Crippen molar-refractivity contribution in [2.75, 3.05) is 13.2 Å². The molecule has 132 valence electrons. The molecule has 0 aromatic heterocycles. The summed E-state index contributed by atoms with van der Waals surface area (Å²) in [6.07, 6.45) is 1.21. The Morgan fingerprint density at radius 2 is 2.00 bits per heavy atom. The highest BCUT2D eigenvalue weighted by molar-refractivity contribution is 9.10. The van der Waals surface area contributed by atoms with Gasteiger partial charge in [0.2, 0.25) is 0 Å². The number of carboxylic acids is 1. The van der Waals surface area contributed by atoms with Crippen molar-refractivity contribution in [3.05, 3.63) is 27.7 Å². The van der Waals surface area contributed by atoms with Gasteiger partial charge in [0.1, 0.15) is 11.6 Å². The van der Waals surface area contributed by atoms with E-state index in [2.05, 4.69) is 15.9 Å². The van der Waals surface area contributed by atoms with Crippen molar-refractivity contribution in [3.8, 4) is 17.6 Å². The second kappa shape index (κ2) is 9.29. The zero-order valence-electron chi connectivity index (χ0n) is 13.0. The summed E-state index contributed by atoms with van der Waals surface area (Å²) in [4.78, 5) is 33.1. The van der Waals surface area contributed by atoms with E-state index >= 15 is 0 Å². The number of hydrogen-bond acceptors (Lipinski definition) is 6. The van der Waals surface area contributed by atoms with Crippen LogP contribution in [0.5, 0.6) is 11.5 Å². The average Bonchev–Trinajstić information content (AvgIpc) is 2.52. The second-order valence-electron chi connectivity index (χ2n) is 4.42. The number of halogens is 1. The van der Waals surface area contributed by atoms with Crippen LogP contribution in [0, 0.1) is 11.3 Å². The smallest absolute Gasteiger partial charge is 0.341 e. The van der Waals surface area contributed by atoms with Crippen LogP contribution in [0.1, 0.15) is 12.5 Å². The zero-order chi connectivity index (χ0) is 19.0. The number of nitriles is 1. The van der Waals surface area contributed by atoms with Crippen molar-refractivity contribution in [2.45, 2.75) is 6.92 Å². The molecule has 4 N–H and O–H groups in total. The number of primary amides is 1. The third-order valence-electron chi connectivity index (χ3n) is 2.62. The summed E-state index contributed by atoms with van der Waals surface area (Å²) in [6, 6.07) is 3.48. The highest BCUT2D eigenvalue weighted by atomic mass is 79.9. The maximum Gasteiger partial charge on any atom is 0.341 e. The van der Waals surface area contributed by atoms with E-state index in [9.17, 15) is 14.4 Å². The largest absolute Gasteiger partial charge is 0.490 e. The molecule has 10 heteroatoms. The van der Waals surface area contributed by atoms with Crippen molar-refractivity contribution in [3.63, 3.8) is 0 Å². The number of nitrogens with zero attached hydrogens (tertiary/aromatic N) is 1. The number of carboxylic acid groups (broad SMARTS) is 1. The highest BCUT2D eigenvalue weighted by Gasteiger charge is 2.15. The number of nitrogens with two attached hydrogens (primary N) is 1. The van der Waals surface area contributed by atoms with Crippen LogP contribution in [-0.4, -0.2) is 36.2 Å². The topological polar surface area (TPSA) is 152 Å². The number of amides is 3. The third kappa shape index (κ3) is 6.15. The molecular weight excluding hydrogens is 398 g/mol. The molecule has 0 fully saturated rings. The minimum atomic E-state index is -1.16. The molecule has 1 aromatic carbocycles. The lowest BCUT2D eigenvalue weighted by Crippen LogP contribution is -2.35. The monoisotopic (exact) mass is 411 g/mol. The summed E-state index contributed by atoms with van der Waals surface area (Å²) in [5.41, 5.74) is 4.87. The predicted octanol–water partition coefficient (Wildman–Crippen LogP) is 1.41. The summed E-state index contributed by atoms with van der Waals surface area (Å²) >= 11 is 3.24. The summed E-state index contributed by atoms with van der Waals surface area (Å²) < 4.78 is 10.9. The molecule has 9 nitrogen and oxygen atoms in total. The number of rotatable bonds is 7. The summed E-state index contributed by atoms with van der Waals surface area (Å²) in [5.74, 6) is -1.71. The number of nitrogens with one attached hydrogen (secondary N) is 1. The number of carbonyl (C=O) groups is 3. The minimum absolute atomic E-state index is 0.174. The maximum absolute atomic E-state index is 11.7. The van der Waals surface area contributed by atoms with E-state index in [1.54, 1.807) is 18.3 Å². The van der Waals surface area contributed by atoms with Gasteiger partial charge in [-0.3, -0.25) is 10.1 Å². The summed E-state index contributed by atoms with van der Waals surface area (Å²) in [6.45, 7) is 1.44. The Hall–Kier alpha value is -3.06. The first kappa shape index (κ1) is 20.0. The molecule has 0 heterocycles. The first-order valence-corrected chi connectivity index (χ1v) is 7.61. The molecule has 3 amide bonds. The summed E-state index contributed by atoms with van der Waals surface area (Å²) in [7, 11) is 0. The fraction of sp³-hybridized carbons (Fsp3) is 0.200. The van der Waals surface area contributed by atoms with Crippen molar-refractivity contribution in [2.24, 2.45) is 5.73 Å². The van der Waals surface area contributed by atoms with Gasteiger partial charge in [-0.05, 0) is 30.7 Å². The molecule has 0 spiro atoms. The molecule has 0 aliphatic carbocycles. The van der Waals surface area contributed by atoms with Crippen LogP contribution in [0.15, 0.2) is 22.2 Å². The van der Waals surface area contributed by atoms with Gasteiger partial charge in [-0.15, -0.1) is 0 Å². The van der Waals surface area contributed by atoms with Gasteiger partial charge in [-0.25, -0.2) is 9.59 Å². The molecule has 0 aliphatic heterocycles. The van der Waals surface area contributed by atoms with Crippen LogP contribution in [-0.2, 0) is 9.59 Å². The first-order valence-electron chi connectivity index (χ1n) is 6.82. The molecule has 0 saturated heterocycles. The minimum Gasteiger partial charge on any atom is -0.490 e. The van der Waals surface area contributed by atoms with Gasteiger partial charge < -0.3 is 20.3 Å². The molecule has 0 atom stereocenters. The predicted molar refractivity (Wildman–Crippen MR) is 89.8 cm³/mol. The Bertz CT molecular complexity index is 769. The number of imide groups is 1. The van der Waals surface area contributed by atoms with Gasteiger partial charge in [0.15, 0.2) is 18.1 Å². The molecule has 0 aliphatic rings. The molecule has 0 radical (unpaired) electrons. The van der Waals surface area contributed by atoms with E-state index in [-0.39, 0.29) is 23.7 Å². The standard InChI is InChI=1S/C15H14BrN3O6/c1-2-24-11-4-8(3-9(6-17)14(22)19-15(18)23)10(16)5-12(11)25-7-13(20)21/h3-5H,2,7H2,1H3,(H,20,21)(H3,18,19,22,23)/b9-3-. The van der Waals surface area contributed by atoms with Gasteiger partial charge in [0.05, 0.1) is 6.61 Å². The second-order valence-corrected chi connectivity index (χ2v) is 5.28. The number of urea groups is 1. The number of carbonyl (C=O) groups excluding carboxylic acids is 2. The SMILES string of the molecule is CCOc1cc(/C=C(/C#N)C(=O)NC(N)=O)c(Br)cc1OCC(=O)O. The Balaban J connectivity index is 3.26. The Kier molecular flexibility index (Phi) is 7.43. The average molecular weight is 412 g/mol. The molecule has 0 saturated carbocycles. The van der Waals surface area contributed by atoms with Gasteiger partial charge in [-0.2, -0.15) is 5.26 Å². The Labute approximate surface area is 151 Å². The lowest BCUT2D eigenvalue weighted by atomic mass is 10.1. The Morgan fingerprint density at radius 3 is 2.52 bits per heavy atom.